The van der Waals surface area contributed by atoms with Gasteiger partial charge in [-0.05, 0) is 68.1 Å². The van der Waals surface area contributed by atoms with Gasteiger partial charge in [0.1, 0.15) is 0 Å². The van der Waals surface area contributed by atoms with Crippen LogP contribution in [-0.2, 0) is 4.79 Å². The fourth-order valence-electron chi connectivity index (χ4n) is 5.98. The number of nitrogens with two attached hydrogens (primary N) is 1. The first-order valence-corrected chi connectivity index (χ1v) is 9.24. The van der Waals surface area contributed by atoms with Gasteiger partial charge < -0.3 is 20.7 Å². The fraction of sp³-hybridized carbons (Fsp3) is 0.941. The number of likely N-dealkylation sites (tertiary alicyclic amines) is 1. The van der Waals surface area contributed by atoms with Gasteiger partial charge in [-0.3, -0.25) is 4.79 Å². The molecule has 0 radical (unpaired) electrons. The molecule has 1 aliphatic heterocycles. The molecule has 1 saturated heterocycles. The van der Waals surface area contributed by atoms with Crippen LogP contribution < -0.4 is 5.73 Å². The second-order valence-corrected chi connectivity index (χ2v) is 8.66. The summed E-state index contributed by atoms with van der Waals surface area (Å²) in [5.41, 5.74) is 6.45. The van der Waals surface area contributed by atoms with Crippen molar-refractivity contribution in [2.45, 2.75) is 70.8 Å². The van der Waals surface area contributed by atoms with Gasteiger partial charge >= 0.3 is 7.12 Å². The molecule has 4 unspecified atom stereocenters. The first-order chi connectivity index (χ1) is 10.8. The summed E-state index contributed by atoms with van der Waals surface area (Å²) in [6.45, 7) is 5.16. The van der Waals surface area contributed by atoms with E-state index in [4.69, 9.17) is 5.73 Å². The lowest BCUT2D eigenvalue weighted by Crippen LogP contribution is -2.59. The molecule has 2 saturated carbocycles. The summed E-state index contributed by atoms with van der Waals surface area (Å²) in [5, 5.41) is 19.1. The van der Waals surface area contributed by atoms with E-state index in [2.05, 4.69) is 13.8 Å². The van der Waals surface area contributed by atoms with Crippen molar-refractivity contribution in [3.05, 3.63) is 0 Å². The molecule has 6 heteroatoms. The molecule has 4 atom stereocenters. The Kier molecular flexibility index (Phi) is 4.78. The molecular weight excluding hydrogens is 291 g/mol. The molecule has 0 aromatic heterocycles. The van der Waals surface area contributed by atoms with E-state index in [-0.39, 0.29) is 11.3 Å². The van der Waals surface area contributed by atoms with Crippen molar-refractivity contribution in [3.63, 3.8) is 0 Å². The number of hydrogen-bond acceptors (Lipinski definition) is 4. The highest BCUT2D eigenvalue weighted by Crippen LogP contribution is 2.54. The molecule has 130 valence electrons. The number of amides is 1. The predicted molar refractivity (Wildman–Crippen MR) is 90.2 cm³/mol. The third-order valence-corrected chi connectivity index (χ3v) is 6.53. The van der Waals surface area contributed by atoms with Crippen LogP contribution >= 0.6 is 0 Å². The minimum absolute atomic E-state index is 0.0671. The van der Waals surface area contributed by atoms with E-state index in [1.807, 2.05) is 0 Å². The zero-order valence-corrected chi connectivity index (χ0v) is 14.4. The largest absolute Gasteiger partial charge is 0.475 e. The Bertz CT molecular complexity index is 440. The molecular formula is C17H31BN2O3. The lowest BCUT2D eigenvalue weighted by molar-refractivity contribution is -0.139. The maximum Gasteiger partial charge on any atom is 0.475 e. The summed E-state index contributed by atoms with van der Waals surface area (Å²) in [5.74, 6) is 1.39. The average molecular weight is 322 g/mol. The third-order valence-electron chi connectivity index (χ3n) is 6.53. The van der Waals surface area contributed by atoms with Crippen LogP contribution in [0, 0.1) is 23.2 Å². The second-order valence-electron chi connectivity index (χ2n) is 8.66. The Labute approximate surface area is 139 Å². The number of hydrogen-bond donors (Lipinski definition) is 3. The first-order valence-electron chi connectivity index (χ1n) is 9.24. The van der Waals surface area contributed by atoms with Crippen LogP contribution in [0.15, 0.2) is 0 Å². The van der Waals surface area contributed by atoms with Gasteiger partial charge in [0.25, 0.3) is 0 Å². The standard InChI is InChI=1S/C17H31BN2O3/c1-11-6-13-7-12(2)9-17(8-11,10-13)15(19)16(21)20-5-3-4-14(20)18(22)23/h11-15,22-23H,3-10,19H2,1-2H3. The molecule has 1 heterocycles. The monoisotopic (exact) mass is 322 g/mol. The lowest BCUT2D eigenvalue weighted by Gasteiger charge is -2.52. The van der Waals surface area contributed by atoms with Crippen molar-refractivity contribution < 1.29 is 14.8 Å². The number of carbonyl (C=O) groups is 1. The molecule has 0 spiro atoms. The first kappa shape index (κ1) is 17.2. The van der Waals surface area contributed by atoms with Crippen LogP contribution in [0.25, 0.3) is 0 Å². The molecule has 3 fully saturated rings. The van der Waals surface area contributed by atoms with E-state index in [1.54, 1.807) is 4.90 Å². The summed E-state index contributed by atoms with van der Waals surface area (Å²) in [4.78, 5) is 14.7. The van der Waals surface area contributed by atoms with Crippen molar-refractivity contribution in [3.8, 4) is 0 Å². The van der Waals surface area contributed by atoms with Crippen LogP contribution in [0.2, 0.25) is 0 Å². The lowest BCUT2D eigenvalue weighted by atomic mass is 9.54. The molecule has 2 bridgehead atoms. The predicted octanol–water partition coefficient (Wildman–Crippen LogP) is 1.17. The summed E-state index contributed by atoms with van der Waals surface area (Å²) < 4.78 is 0. The second kappa shape index (κ2) is 6.38. The fourth-order valence-corrected chi connectivity index (χ4v) is 5.98. The zero-order chi connectivity index (χ0) is 16.8. The molecule has 1 amide bonds. The number of carbonyl (C=O) groups excluding carboxylic acids is 1. The molecule has 3 aliphatic rings. The van der Waals surface area contributed by atoms with Gasteiger partial charge in [0.05, 0.1) is 12.0 Å². The summed E-state index contributed by atoms with van der Waals surface area (Å²) in [7, 11) is -1.46. The van der Waals surface area contributed by atoms with Crippen LogP contribution in [0.1, 0.15) is 58.8 Å². The van der Waals surface area contributed by atoms with Crippen molar-refractivity contribution in [2.24, 2.45) is 28.9 Å². The molecule has 2 aliphatic carbocycles. The van der Waals surface area contributed by atoms with Gasteiger partial charge in [-0.25, -0.2) is 0 Å². The molecule has 0 aromatic rings. The molecule has 5 nitrogen and oxygen atoms in total. The summed E-state index contributed by atoms with van der Waals surface area (Å²) in [6, 6.07) is -0.505. The molecule has 3 rings (SSSR count). The van der Waals surface area contributed by atoms with Gasteiger partial charge in [-0.2, -0.15) is 0 Å². The van der Waals surface area contributed by atoms with Gasteiger partial charge in [0.15, 0.2) is 0 Å². The van der Waals surface area contributed by atoms with Gasteiger partial charge in [0.2, 0.25) is 5.91 Å². The topological polar surface area (TPSA) is 86.8 Å². The zero-order valence-electron chi connectivity index (χ0n) is 14.4. The number of nitrogens with zero attached hydrogens (tertiary/aromatic N) is 1. The molecule has 23 heavy (non-hydrogen) atoms. The highest BCUT2D eigenvalue weighted by Gasteiger charge is 2.51. The Hall–Kier alpha value is -0.585. The van der Waals surface area contributed by atoms with Crippen LogP contribution in [0.3, 0.4) is 0 Å². The number of rotatable bonds is 3. The van der Waals surface area contributed by atoms with E-state index in [0.29, 0.717) is 30.7 Å². The Morgan fingerprint density at radius 3 is 2.39 bits per heavy atom. The van der Waals surface area contributed by atoms with Gasteiger partial charge in [-0.1, -0.05) is 13.8 Å². The van der Waals surface area contributed by atoms with Crippen LogP contribution in [0.4, 0.5) is 0 Å². The van der Waals surface area contributed by atoms with Crippen LogP contribution in [0.5, 0.6) is 0 Å². The molecule has 4 N–H and O–H groups in total. The third kappa shape index (κ3) is 3.18. The van der Waals surface area contributed by atoms with E-state index in [1.165, 1.54) is 12.8 Å². The van der Waals surface area contributed by atoms with Crippen LogP contribution in [-0.4, -0.2) is 46.5 Å². The van der Waals surface area contributed by atoms with E-state index < -0.39 is 19.1 Å². The Morgan fingerprint density at radius 2 is 1.83 bits per heavy atom. The minimum Gasteiger partial charge on any atom is -0.426 e. The van der Waals surface area contributed by atoms with Crippen molar-refractivity contribution in [2.75, 3.05) is 6.54 Å². The maximum absolute atomic E-state index is 13.0. The molecule has 0 aromatic carbocycles. The smallest absolute Gasteiger partial charge is 0.426 e. The average Bonchev–Trinajstić information content (AvgIpc) is 2.93. The van der Waals surface area contributed by atoms with E-state index in [0.717, 1.165) is 25.7 Å². The van der Waals surface area contributed by atoms with Gasteiger partial charge in [0, 0.05) is 6.54 Å². The summed E-state index contributed by atoms with van der Waals surface area (Å²) in [6.07, 6.45) is 7.11. The van der Waals surface area contributed by atoms with Crippen molar-refractivity contribution in [1.29, 1.82) is 0 Å². The highest BCUT2D eigenvalue weighted by atomic mass is 16.4. The maximum atomic E-state index is 13.0. The Balaban J connectivity index is 1.80. The normalized spacial score (nSPS) is 41.7. The minimum atomic E-state index is -1.46. The quantitative estimate of drug-likeness (QED) is 0.681. The highest BCUT2D eigenvalue weighted by molar-refractivity contribution is 6.43. The van der Waals surface area contributed by atoms with E-state index >= 15 is 0 Å². The van der Waals surface area contributed by atoms with Crippen molar-refractivity contribution >= 4 is 13.0 Å². The van der Waals surface area contributed by atoms with Crippen molar-refractivity contribution in [1.82, 2.24) is 4.90 Å². The van der Waals surface area contributed by atoms with Gasteiger partial charge in [-0.15, -0.1) is 0 Å². The SMILES string of the molecule is CC1CC2CC(C)CC(C(N)C(=O)N3CCCC3B(O)O)(C1)C2. The summed E-state index contributed by atoms with van der Waals surface area (Å²) >= 11 is 0. The Morgan fingerprint density at radius 1 is 1.22 bits per heavy atom. The van der Waals surface area contributed by atoms with E-state index in [9.17, 15) is 14.8 Å². The number of fused-ring (bicyclic) bond motifs is 2.